The van der Waals surface area contributed by atoms with Crippen molar-refractivity contribution in [1.29, 1.82) is 0 Å². The molecule has 2 aromatic carbocycles. The smallest absolute Gasteiger partial charge is 0.338 e. The lowest BCUT2D eigenvalue weighted by atomic mass is 10.2. The molecule has 2 rings (SSSR count). The van der Waals surface area contributed by atoms with Gasteiger partial charge in [0.1, 0.15) is 11.5 Å². The summed E-state index contributed by atoms with van der Waals surface area (Å²) in [6.07, 6.45) is -0.703. The summed E-state index contributed by atoms with van der Waals surface area (Å²) in [6, 6.07) is 14.0. The van der Waals surface area contributed by atoms with Gasteiger partial charge in [-0.25, -0.2) is 4.79 Å². The fourth-order valence-electron chi connectivity index (χ4n) is 2.24. The van der Waals surface area contributed by atoms with Crippen LogP contribution < -0.4 is 14.8 Å². The lowest BCUT2D eigenvalue weighted by Gasteiger charge is -2.15. The number of nitrogens with one attached hydrogen (secondary N) is 1. The van der Waals surface area contributed by atoms with Gasteiger partial charge < -0.3 is 19.5 Å². The molecule has 0 bridgehead atoms. The molecule has 0 aromatic heterocycles. The van der Waals surface area contributed by atoms with Gasteiger partial charge in [0.05, 0.1) is 19.3 Å². The third kappa shape index (κ3) is 5.51. The van der Waals surface area contributed by atoms with E-state index in [9.17, 15) is 9.59 Å². The van der Waals surface area contributed by atoms with Gasteiger partial charge in [0.15, 0.2) is 6.10 Å². The Labute approximate surface area is 153 Å². The van der Waals surface area contributed by atoms with Gasteiger partial charge in [-0.05, 0) is 49.7 Å². The Hall–Kier alpha value is -3.02. The van der Waals surface area contributed by atoms with Crippen LogP contribution in [0.25, 0.3) is 0 Å². The highest BCUT2D eigenvalue weighted by Crippen LogP contribution is 2.16. The van der Waals surface area contributed by atoms with Crippen molar-refractivity contribution in [3.8, 4) is 11.5 Å². The third-order valence-corrected chi connectivity index (χ3v) is 3.65. The SMILES string of the molecule is CCOC(=O)c1cccc(O[C@H](C)C(=O)NCc2ccc(OC)cc2)c1. The largest absolute Gasteiger partial charge is 0.497 e. The van der Waals surface area contributed by atoms with Crippen molar-refractivity contribution in [1.82, 2.24) is 5.32 Å². The van der Waals surface area contributed by atoms with Crippen LogP contribution in [0.4, 0.5) is 0 Å². The zero-order valence-electron chi connectivity index (χ0n) is 15.2. The maximum absolute atomic E-state index is 12.2. The zero-order valence-corrected chi connectivity index (χ0v) is 15.2. The summed E-state index contributed by atoms with van der Waals surface area (Å²) in [5, 5.41) is 2.82. The predicted octanol–water partition coefficient (Wildman–Crippen LogP) is 2.96. The van der Waals surface area contributed by atoms with E-state index in [0.29, 0.717) is 24.5 Å². The molecule has 0 aliphatic rings. The average molecular weight is 357 g/mol. The molecular weight excluding hydrogens is 334 g/mol. The summed E-state index contributed by atoms with van der Waals surface area (Å²) < 4.78 is 15.7. The van der Waals surface area contributed by atoms with Gasteiger partial charge in [-0.2, -0.15) is 0 Å². The highest BCUT2D eigenvalue weighted by Gasteiger charge is 2.15. The maximum atomic E-state index is 12.2. The quantitative estimate of drug-likeness (QED) is 0.735. The zero-order chi connectivity index (χ0) is 18.9. The summed E-state index contributed by atoms with van der Waals surface area (Å²) in [5.41, 5.74) is 1.34. The molecule has 2 aromatic rings. The molecule has 26 heavy (non-hydrogen) atoms. The van der Waals surface area contributed by atoms with E-state index in [1.165, 1.54) is 0 Å². The van der Waals surface area contributed by atoms with Gasteiger partial charge in [-0.1, -0.05) is 18.2 Å². The molecular formula is C20H23NO5. The van der Waals surface area contributed by atoms with E-state index in [1.807, 2.05) is 24.3 Å². The molecule has 0 heterocycles. The number of hydrogen-bond donors (Lipinski definition) is 1. The second-order valence-electron chi connectivity index (χ2n) is 5.57. The molecule has 0 unspecified atom stereocenters. The average Bonchev–Trinajstić information content (AvgIpc) is 2.66. The van der Waals surface area contributed by atoms with E-state index in [-0.39, 0.29) is 5.91 Å². The molecule has 6 heteroatoms. The minimum Gasteiger partial charge on any atom is -0.497 e. The van der Waals surface area contributed by atoms with Crippen LogP contribution >= 0.6 is 0 Å². The van der Waals surface area contributed by atoms with Crippen molar-refractivity contribution in [3.63, 3.8) is 0 Å². The monoisotopic (exact) mass is 357 g/mol. The van der Waals surface area contributed by atoms with Gasteiger partial charge in [0.2, 0.25) is 0 Å². The van der Waals surface area contributed by atoms with Crippen molar-refractivity contribution >= 4 is 11.9 Å². The van der Waals surface area contributed by atoms with Crippen molar-refractivity contribution in [2.75, 3.05) is 13.7 Å². The standard InChI is InChI=1S/C20H23NO5/c1-4-25-20(23)16-6-5-7-18(12-16)26-14(2)19(22)21-13-15-8-10-17(24-3)11-9-15/h5-12,14H,4,13H2,1-3H3,(H,21,22)/t14-/m1/s1. The van der Waals surface area contributed by atoms with Crippen LogP contribution in [0.1, 0.15) is 29.8 Å². The molecule has 0 saturated carbocycles. The van der Waals surface area contributed by atoms with Gasteiger partial charge in [-0.15, -0.1) is 0 Å². The van der Waals surface area contributed by atoms with Crippen molar-refractivity contribution < 1.29 is 23.8 Å². The minimum absolute atomic E-state index is 0.248. The molecule has 0 aliphatic heterocycles. The number of methoxy groups -OCH3 is 1. The van der Waals surface area contributed by atoms with Crippen LogP contribution in [0.3, 0.4) is 0 Å². The topological polar surface area (TPSA) is 73.9 Å². The molecule has 1 atom stereocenters. The Morgan fingerprint density at radius 2 is 1.81 bits per heavy atom. The highest BCUT2D eigenvalue weighted by atomic mass is 16.5. The summed E-state index contributed by atoms with van der Waals surface area (Å²) in [7, 11) is 1.60. The number of carbonyl (C=O) groups excluding carboxylic acids is 2. The molecule has 6 nitrogen and oxygen atoms in total. The molecule has 1 N–H and O–H groups in total. The fourth-order valence-corrected chi connectivity index (χ4v) is 2.24. The lowest BCUT2D eigenvalue weighted by Crippen LogP contribution is -2.35. The number of amides is 1. The second kappa shape index (κ2) is 9.46. The Kier molecular flexibility index (Phi) is 7.02. The van der Waals surface area contributed by atoms with Crippen LogP contribution in [-0.4, -0.2) is 31.7 Å². The predicted molar refractivity (Wildman–Crippen MR) is 97.3 cm³/mol. The molecule has 0 aliphatic carbocycles. The van der Waals surface area contributed by atoms with Crippen LogP contribution in [0.5, 0.6) is 11.5 Å². The van der Waals surface area contributed by atoms with E-state index in [2.05, 4.69) is 5.32 Å². The van der Waals surface area contributed by atoms with Crippen LogP contribution in [0.15, 0.2) is 48.5 Å². The number of hydrogen-bond acceptors (Lipinski definition) is 5. The fraction of sp³-hybridized carbons (Fsp3) is 0.300. The molecule has 138 valence electrons. The van der Waals surface area contributed by atoms with Crippen molar-refractivity contribution in [2.24, 2.45) is 0 Å². The number of ether oxygens (including phenoxy) is 3. The van der Waals surface area contributed by atoms with Crippen molar-refractivity contribution in [2.45, 2.75) is 26.5 Å². The number of carbonyl (C=O) groups is 2. The Morgan fingerprint density at radius 1 is 1.08 bits per heavy atom. The first-order valence-corrected chi connectivity index (χ1v) is 8.38. The van der Waals surface area contributed by atoms with E-state index < -0.39 is 12.1 Å². The molecule has 0 radical (unpaired) electrons. The summed E-state index contributed by atoms with van der Waals surface area (Å²) in [6.45, 7) is 4.08. The minimum atomic E-state index is -0.703. The van der Waals surface area contributed by atoms with Crippen LogP contribution in [0.2, 0.25) is 0 Å². The molecule has 1 amide bonds. The summed E-state index contributed by atoms with van der Waals surface area (Å²) in [4.78, 5) is 24.0. The second-order valence-corrected chi connectivity index (χ2v) is 5.57. The van der Waals surface area contributed by atoms with Crippen molar-refractivity contribution in [3.05, 3.63) is 59.7 Å². The van der Waals surface area contributed by atoms with Gasteiger partial charge >= 0.3 is 5.97 Å². The summed E-state index contributed by atoms with van der Waals surface area (Å²) >= 11 is 0. The first-order valence-electron chi connectivity index (χ1n) is 8.38. The van der Waals surface area contributed by atoms with E-state index in [0.717, 1.165) is 11.3 Å². The number of rotatable bonds is 8. The van der Waals surface area contributed by atoms with Crippen LogP contribution in [0, 0.1) is 0 Å². The first-order chi connectivity index (χ1) is 12.5. The van der Waals surface area contributed by atoms with Gasteiger partial charge in [-0.3, -0.25) is 4.79 Å². The highest BCUT2D eigenvalue weighted by molar-refractivity contribution is 5.89. The first kappa shape index (κ1) is 19.3. The normalized spacial score (nSPS) is 11.3. The Morgan fingerprint density at radius 3 is 2.46 bits per heavy atom. The van der Waals surface area contributed by atoms with Gasteiger partial charge in [0, 0.05) is 6.54 Å². The number of esters is 1. The Bertz CT molecular complexity index is 742. The van der Waals surface area contributed by atoms with E-state index in [4.69, 9.17) is 14.2 Å². The molecule has 0 fully saturated rings. The van der Waals surface area contributed by atoms with Gasteiger partial charge in [0.25, 0.3) is 5.91 Å². The van der Waals surface area contributed by atoms with Crippen LogP contribution in [-0.2, 0) is 16.1 Å². The van der Waals surface area contributed by atoms with E-state index >= 15 is 0 Å². The molecule has 0 saturated heterocycles. The maximum Gasteiger partial charge on any atom is 0.338 e. The van der Waals surface area contributed by atoms with E-state index in [1.54, 1.807) is 45.2 Å². The third-order valence-electron chi connectivity index (χ3n) is 3.65. The lowest BCUT2D eigenvalue weighted by molar-refractivity contribution is -0.127. The summed E-state index contributed by atoms with van der Waals surface area (Å²) in [5.74, 6) is 0.526. The molecule has 0 spiro atoms. The number of benzene rings is 2. The Balaban J connectivity index is 1.89.